The molecule has 0 aromatic heterocycles. The van der Waals surface area contributed by atoms with Crippen molar-refractivity contribution in [3.05, 3.63) is 42.0 Å². The molecule has 0 radical (unpaired) electrons. The van der Waals surface area contributed by atoms with Crippen LogP contribution in [-0.2, 0) is 25.6 Å². The van der Waals surface area contributed by atoms with Crippen LogP contribution in [0, 0.1) is 0 Å². The van der Waals surface area contributed by atoms with Gasteiger partial charge in [-0.3, -0.25) is 19.2 Å². The van der Waals surface area contributed by atoms with Crippen molar-refractivity contribution in [2.24, 2.45) is 0 Å². The second kappa shape index (κ2) is 6.41. The maximum Gasteiger partial charge on any atom is 0.258 e. The van der Waals surface area contributed by atoms with E-state index in [0.717, 1.165) is 10.5 Å². The Bertz CT molecular complexity index is 619. The Balaban J connectivity index is 1.99. The van der Waals surface area contributed by atoms with Crippen LogP contribution in [-0.4, -0.2) is 29.8 Å². The van der Waals surface area contributed by atoms with E-state index in [1.165, 1.54) is 12.2 Å². The standard InChI is InChI=1S/C14H13N2O4P/c17-11(15-8-14(20)21)7-9-1-3-10(4-2-9)16-12(18)5-6-13(16)19/h1-6H,7-8,21H2,(H,15,17). The number of anilines is 1. The predicted octanol–water partition coefficient (Wildman–Crippen LogP) is 0.176. The third-order valence-corrected chi connectivity index (χ3v) is 3.03. The average molecular weight is 304 g/mol. The summed E-state index contributed by atoms with van der Waals surface area (Å²) in [6.45, 7) is -0.0238. The lowest BCUT2D eigenvalue weighted by molar-refractivity contribution is -0.122. The fourth-order valence-electron chi connectivity index (χ4n) is 1.85. The molecule has 1 unspecified atom stereocenters. The summed E-state index contributed by atoms with van der Waals surface area (Å²) in [6.07, 6.45) is 2.55. The van der Waals surface area contributed by atoms with Crippen molar-refractivity contribution >= 4 is 38.2 Å². The summed E-state index contributed by atoms with van der Waals surface area (Å²) >= 11 is 0. The third-order valence-electron chi connectivity index (χ3n) is 2.83. The predicted molar refractivity (Wildman–Crippen MR) is 79.5 cm³/mol. The van der Waals surface area contributed by atoms with Crippen LogP contribution in [0.5, 0.6) is 0 Å². The number of carbonyl (C=O) groups excluding carboxylic acids is 4. The zero-order valence-electron chi connectivity index (χ0n) is 11.0. The van der Waals surface area contributed by atoms with Crippen LogP contribution in [0.1, 0.15) is 5.56 Å². The SMILES string of the molecule is O=C(P)CNC(=O)Cc1ccc(N2C(=O)C=CC2=O)cc1. The maximum atomic E-state index is 11.6. The molecular formula is C14H13N2O4P. The number of amides is 3. The van der Waals surface area contributed by atoms with Crippen molar-refractivity contribution in [2.45, 2.75) is 6.42 Å². The zero-order valence-corrected chi connectivity index (χ0v) is 12.2. The van der Waals surface area contributed by atoms with Crippen molar-refractivity contribution < 1.29 is 19.2 Å². The van der Waals surface area contributed by atoms with Gasteiger partial charge in [0.1, 0.15) is 0 Å². The molecule has 108 valence electrons. The summed E-state index contributed by atoms with van der Waals surface area (Å²) in [5.74, 6) is -1.04. The molecule has 21 heavy (non-hydrogen) atoms. The van der Waals surface area contributed by atoms with Gasteiger partial charge in [-0.2, -0.15) is 0 Å². The second-order valence-corrected chi connectivity index (χ2v) is 5.08. The molecule has 1 atom stereocenters. The molecule has 1 aliphatic rings. The summed E-state index contributed by atoms with van der Waals surface area (Å²) in [5.41, 5.74) is 0.982. The molecule has 6 nitrogen and oxygen atoms in total. The first-order valence-corrected chi connectivity index (χ1v) is 6.75. The van der Waals surface area contributed by atoms with Crippen molar-refractivity contribution in [2.75, 3.05) is 11.4 Å². The number of benzene rings is 1. The molecule has 1 aliphatic heterocycles. The quantitative estimate of drug-likeness (QED) is 0.621. The van der Waals surface area contributed by atoms with E-state index < -0.39 is 0 Å². The molecule has 0 fully saturated rings. The number of nitrogens with one attached hydrogen (secondary N) is 1. The maximum absolute atomic E-state index is 11.6. The molecule has 1 N–H and O–H groups in total. The van der Waals surface area contributed by atoms with Crippen LogP contribution in [0.2, 0.25) is 0 Å². The Kier molecular flexibility index (Phi) is 4.60. The number of nitrogens with zero attached hydrogens (tertiary/aromatic N) is 1. The van der Waals surface area contributed by atoms with Gasteiger partial charge in [-0.1, -0.05) is 21.4 Å². The first-order chi connectivity index (χ1) is 9.97. The molecule has 0 saturated heterocycles. The van der Waals surface area contributed by atoms with E-state index in [0.29, 0.717) is 5.69 Å². The largest absolute Gasteiger partial charge is 0.348 e. The van der Waals surface area contributed by atoms with Gasteiger partial charge >= 0.3 is 0 Å². The molecule has 1 aromatic carbocycles. The van der Waals surface area contributed by atoms with Gasteiger partial charge in [0.05, 0.1) is 18.7 Å². The zero-order chi connectivity index (χ0) is 15.4. The van der Waals surface area contributed by atoms with Gasteiger partial charge in [0.2, 0.25) is 5.91 Å². The highest BCUT2D eigenvalue weighted by Gasteiger charge is 2.24. The van der Waals surface area contributed by atoms with E-state index in [9.17, 15) is 19.2 Å². The molecule has 3 amide bonds. The molecule has 0 bridgehead atoms. The van der Waals surface area contributed by atoms with Crippen LogP contribution in [0.25, 0.3) is 0 Å². The van der Waals surface area contributed by atoms with Crippen LogP contribution in [0.3, 0.4) is 0 Å². The third kappa shape index (κ3) is 3.83. The van der Waals surface area contributed by atoms with E-state index in [2.05, 4.69) is 5.32 Å². The van der Waals surface area contributed by atoms with E-state index >= 15 is 0 Å². The fraction of sp³-hybridized carbons (Fsp3) is 0.143. The van der Waals surface area contributed by atoms with Gasteiger partial charge in [-0.25, -0.2) is 4.90 Å². The van der Waals surface area contributed by atoms with Gasteiger partial charge in [0.15, 0.2) is 5.52 Å². The minimum atomic E-state index is -0.385. The van der Waals surface area contributed by atoms with Crippen LogP contribution >= 0.6 is 9.24 Å². The minimum absolute atomic E-state index is 0.0238. The molecular weight excluding hydrogens is 291 g/mol. The lowest BCUT2D eigenvalue weighted by Crippen LogP contribution is -2.30. The normalized spacial score (nSPS) is 13.7. The lowest BCUT2D eigenvalue weighted by atomic mass is 10.1. The molecule has 2 rings (SSSR count). The first-order valence-electron chi connectivity index (χ1n) is 6.17. The Morgan fingerprint density at radius 2 is 1.62 bits per heavy atom. The number of hydrogen-bond donors (Lipinski definition) is 1. The van der Waals surface area contributed by atoms with E-state index in [1.54, 1.807) is 24.3 Å². The van der Waals surface area contributed by atoms with Crippen LogP contribution < -0.4 is 10.2 Å². The molecule has 1 aromatic rings. The van der Waals surface area contributed by atoms with Crippen molar-refractivity contribution in [1.82, 2.24) is 5.32 Å². The number of carbonyl (C=O) groups is 4. The van der Waals surface area contributed by atoms with Crippen molar-refractivity contribution in [1.29, 1.82) is 0 Å². The van der Waals surface area contributed by atoms with Gasteiger partial charge in [-0.05, 0) is 17.7 Å². The van der Waals surface area contributed by atoms with E-state index in [-0.39, 0.29) is 36.2 Å². The summed E-state index contributed by atoms with van der Waals surface area (Å²) in [4.78, 5) is 46.4. The minimum Gasteiger partial charge on any atom is -0.348 e. The molecule has 7 heteroatoms. The second-order valence-electron chi connectivity index (χ2n) is 4.43. The monoisotopic (exact) mass is 304 g/mol. The lowest BCUT2D eigenvalue weighted by Gasteiger charge is -2.14. The Hall–Kier alpha value is -2.33. The molecule has 0 saturated carbocycles. The number of rotatable bonds is 5. The topological polar surface area (TPSA) is 83.6 Å². The van der Waals surface area contributed by atoms with Crippen molar-refractivity contribution in [3.8, 4) is 0 Å². The molecule has 0 aliphatic carbocycles. The van der Waals surface area contributed by atoms with Gasteiger partial charge in [0.25, 0.3) is 11.8 Å². The van der Waals surface area contributed by atoms with Crippen LogP contribution in [0.15, 0.2) is 36.4 Å². The van der Waals surface area contributed by atoms with E-state index in [4.69, 9.17) is 0 Å². The highest BCUT2D eigenvalue weighted by molar-refractivity contribution is 7.40. The number of imide groups is 1. The number of hydrogen-bond acceptors (Lipinski definition) is 4. The van der Waals surface area contributed by atoms with Crippen LogP contribution in [0.4, 0.5) is 5.69 Å². The summed E-state index contributed by atoms with van der Waals surface area (Å²) < 4.78 is 0. The average Bonchev–Trinajstić information content (AvgIpc) is 2.77. The van der Waals surface area contributed by atoms with E-state index in [1.807, 2.05) is 9.24 Å². The highest BCUT2D eigenvalue weighted by atomic mass is 31.0. The summed E-state index contributed by atoms with van der Waals surface area (Å²) in [5, 5.41) is 2.48. The molecule has 1 heterocycles. The van der Waals surface area contributed by atoms with Crippen molar-refractivity contribution in [3.63, 3.8) is 0 Å². The first kappa shape index (κ1) is 15.1. The van der Waals surface area contributed by atoms with Gasteiger partial charge < -0.3 is 5.32 Å². The fourth-order valence-corrected chi connectivity index (χ4v) is 1.95. The molecule has 0 spiro atoms. The Labute approximate surface area is 123 Å². The highest BCUT2D eigenvalue weighted by Crippen LogP contribution is 2.19. The van der Waals surface area contributed by atoms with Gasteiger partial charge in [-0.15, -0.1) is 0 Å². The van der Waals surface area contributed by atoms with Gasteiger partial charge in [0, 0.05) is 12.2 Å². The Morgan fingerprint density at radius 1 is 1.05 bits per heavy atom. The smallest absolute Gasteiger partial charge is 0.258 e. The Morgan fingerprint density at radius 3 is 2.14 bits per heavy atom. The summed E-state index contributed by atoms with van der Waals surface area (Å²) in [6, 6.07) is 6.53. The summed E-state index contributed by atoms with van der Waals surface area (Å²) in [7, 11) is 1.98.